The number of rotatable bonds is 3. The van der Waals surface area contributed by atoms with Gasteiger partial charge in [0.1, 0.15) is 6.33 Å². The molecule has 1 amide bonds. The van der Waals surface area contributed by atoms with E-state index in [4.69, 9.17) is 11.6 Å². The van der Waals surface area contributed by atoms with Gasteiger partial charge in [-0.05, 0) is 17.7 Å². The van der Waals surface area contributed by atoms with Crippen LogP contribution in [0.25, 0.3) is 0 Å². The Kier molecular flexibility index (Phi) is 4.26. The van der Waals surface area contributed by atoms with Crippen molar-refractivity contribution in [3.8, 4) is 0 Å². The molecule has 116 valence electrons. The molecular formula is C14H16ClN5O2. The van der Waals surface area contributed by atoms with E-state index in [9.17, 15) is 9.90 Å². The molecule has 1 atom stereocenters. The molecule has 22 heavy (non-hydrogen) atoms. The molecular weight excluding hydrogens is 306 g/mol. The van der Waals surface area contributed by atoms with E-state index in [-0.39, 0.29) is 5.91 Å². The van der Waals surface area contributed by atoms with Crippen molar-refractivity contribution in [2.24, 2.45) is 0 Å². The third kappa shape index (κ3) is 3.05. The molecule has 1 aromatic carbocycles. The topological polar surface area (TPSA) is 85.3 Å². The highest BCUT2D eigenvalue weighted by molar-refractivity contribution is 6.30. The summed E-state index contributed by atoms with van der Waals surface area (Å²) < 4.78 is 0. The van der Waals surface area contributed by atoms with Crippen molar-refractivity contribution in [3.05, 3.63) is 41.2 Å². The summed E-state index contributed by atoms with van der Waals surface area (Å²) in [5.41, 5.74) is 0.509. The number of carbonyl (C=O) groups is 1. The Morgan fingerprint density at radius 2 is 2.09 bits per heavy atom. The van der Waals surface area contributed by atoms with Gasteiger partial charge in [0, 0.05) is 31.2 Å². The minimum atomic E-state index is -1.18. The highest BCUT2D eigenvalue weighted by Crippen LogP contribution is 2.20. The minimum Gasteiger partial charge on any atom is -0.378 e. The molecule has 2 heterocycles. The standard InChI is InChI=1S/C14H16ClN5O2/c15-11-3-1-2-10(8-11)12(21)13(22)19-4-6-20(7-5-19)14-16-9-17-18-14/h1-3,8-9,12,21H,4-7H2,(H,16,17,18)/t12-/m1/s1. The van der Waals surface area contributed by atoms with Gasteiger partial charge in [-0.1, -0.05) is 23.7 Å². The van der Waals surface area contributed by atoms with Crippen molar-refractivity contribution in [2.75, 3.05) is 31.1 Å². The SMILES string of the molecule is O=C([C@H](O)c1cccc(Cl)c1)N1CCN(c2ncn[nH]2)CC1. The van der Waals surface area contributed by atoms with Crippen LogP contribution in [0, 0.1) is 0 Å². The molecule has 2 aromatic rings. The maximum atomic E-state index is 12.4. The van der Waals surface area contributed by atoms with Gasteiger partial charge in [0.15, 0.2) is 6.10 Å². The van der Waals surface area contributed by atoms with Crippen molar-refractivity contribution in [1.29, 1.82) is 0 Å². The molecule has 3 rings (SSSR count). The number of hydrogen-bond acceptors (Lipinski definition) is 5. The fourth-order valence-electron chi connectivity index (χ4n) is 2.48. The number of halogens is 1. The van der Waals surface area contributed by atoms with Crippen molar-refractivity contribution in [3.63, 3.8) is 0 Å². The molecule has 8 heteroatoms. The Hall–Kier alpha value is -2.12. The van der Waals surface area contributed by atoms with E-state index < -0.39 is 6.10 Å². The molecule has 0 spiro atoms. The van der Waals surface area contributed by atoms with E-state index >= 15 is 0 Å². The van der Waals surface area contributed by atoms with E-state index in [1.807, 2.05) is 4.90 Å². The minimum absolute atomic E-state index is 0.306. The lowest BCUT2D eigenvalue weighted by Crippen LogP contribution is -2.50. The molecule has 0 radical (unpaired) electrons. The normalized spacial score (nSPS) is 16.6. The molecule has 1 saturated heterocycles. The molecule has 1 fully saturated rings. The first-order valence-electron chi connectivity index (χ1n) is 6.98. The smallest absolute Gasteiger partial charge is 0.256 e. The number of hydrogen-bond donors (Lipinski definition) is 2. The van der Waals surface area contributed by atoms with Crippen molar-refractivity contribution < 1.29 is 9.90 Å². The lowest BCUT2D eigenvalue weighted by atomic mass is 10.1. The molecule has 1 aliphatic rings. The van der Waals surface area contributed by atoms with E-state index in [1.54, 1.807) is 29.2 Å². The van der Waals surface area contributed by atoms with Crippen LogP contribution in [-0.2, 0) is 4.79 Å². The molecule has 0 unspecified atom stereocenters. The Bertz CT molecular complexity index is 640. The van der Waals surface area contributed by atoms with Gasteiger partial charge in [0.05, 0.1) is 0 Å². The Labute approximate surface area is 132 Å². The van der Waals surface area contributed by atoms with Crippen LogP contribution in [0.15, 0.2) is 30.6 Å². The van der Waals surface area contributed by atoms with Crippen LogP contribution in [0.5, 0.6) is 0 Å². The monoisotopic (exact) mass is 321 g/mol. The zero-order valence-corrected chi connectivity index (χ0v) is 12.6. The largest absolute Gasteiger partial charge is 0.378 e. The fourth-order valence-corrected chi connectivity index (χ4v) is 2.68. The number of aliphatic hydroxyl groups is 1. The first kappa shape index (κ1) is 14.8. The Balaban J connectivity index is 1.62. The second kappa shape index (κ2) is 6.33. The predicted octanol–water partition coefficient (Wildman–Crippen LogP) is 0.840. The number of carbonyl (C=O) groups excluding carboxylic acids is 1. The highest BCUT2D eigenvalue weighted by Gasteiger charge is 2.27. The van der Waals surface area contributed by atoms with Gasteiger partial charge in [-0.2, -0.15) is 10.1 Å². The van der Waals surface area contributed by atoms with Crippen LogP contribution in [0.1, 0.15) is 11.7 Å². The highest BCUT2D eigenvalue weighted by atomic mass is 35.5. The zero-order chi connectivity index (χ0) is 15.5. The number of benzene rings is 1. The lowest BCUT2D eigenvalue weighted by Gasteiger charge is -2.35. The number of aromatic nitrogens is 3. The van der Waals surface area contributed by atoms with Gasteiger partial charge < -0.3 is 14.9 Å². The van der Waals surface area contributed by atoms with Gasteiger partial charge in [0.2, 0.25) is 5.95 Å². The van der Waals surface area contributed by atoms with Crippen LogP contribution in [0.4, 0.5) is 5.95 Å². The average Bonchev–Trinajstić information content (AvgIpc) is 3.08. The quantitative estimate of drug-likeness (QED) is 0.875. The van der Waals surface area contributed by atoms with Gasteiger partial charge in [-0.3, -0.25) is 4.79 Å². The molecule has 0 saturated carbocycles. The average molecular weight is 322 g/mol. The molecule has 1 aromatic heterocycles. The molecule has 1 aliphatic heterocycles. The van der Waals surface area contributed by atoms with Gasteiger partial charge in [0.25, 0.3) is 5.91 Å². The lowest BCUT2D eigenvalue weighted by molar-refractivity contribution is -0.140. The second-order valence-corrected chi connectivity index (χ2v) is 5.52. The second-order valence-electron chi connectivity index (χ2n) is 5.08. The Morgan fingerprint density at radius 3 is 2.73 bits per heavy atom. The van der Waals surface area contributed by atoms with Crippen LogP contribution in [-0.4, -0.2) is 57.3 Å². The number of amides is 1. The fraction of sp³-hybridized carbons (Fsp3) is 0.357. The number of nitrogens with zero attached hydrogens (tertiary/aromatic N) is 4. The molecule has 0 bridgehead atoms. The van der Waals surface area contributed by atoms with E-state index in [2.05, 4.69) is 15.2 Å². The maximum Gasteiger partial charge on any atom is 0.256 e. The Morgan fingerprint density at radius 1 is 1.32 bits per heavy atom. The third-order valence-electron chi connectivity index (χ3n) is 3.69. The summed E-state index contributed by atoms with van der Waals surface area (Å²) in [7, 11) is 0. The molecule has 2 N–H and O–H groups in total. The number of nitrogens with one attached hydrogen (secondary N) is 1. The summed E-state index contributed by atoms with van der Waals surface area (Å²) in [6.07, 6.45) is 0.269. The third-order valence-corrected chi connectivity index (χ3v) is 3.93. The number of piperazine rings is 1. The summed E-state index contributed by atoms with van der Waals surface area (Å²) in [6, 6.07) is 6.72. The van der Waals surface area contributed by atoms with Crippen molar-refractivity contribution >= 4 is 23.5 Å². The van der Waals surface area contributed by atoms with Crippen LogP contribution in [0.2, 0.25) is 5.02 Å². The van der Waals surface area contributed by atoms with Crippen molar-refractivity contribution in [1.82, 2.24) is 20.1 Å². The zero-order valence-electron chi connectivity index (χ0n) is 11.8. The summed E-state index contributed by atoms with van der Waals surface area (Å²) in [5.74, 6) is 0.391. The van der Waals surface area contributed by atoms with Crippen molar-refractivity contribution in [2.45, 2.75) is 6.10 Å². The first-order chi connectivity index (χ1) is 10.6. The maximum absolute atomic E-state index is 12.4. The summed E-state index contributed by atoms with van der Waals surface area (Å²) in [5, 5.41) is 17.3. The number of aliphatic hydroxyl groups excluding tert-OH is 1. The van der Waals surface area contributed by atoms with Gasteiger partial charge in [-0.15, -0.1) is 0 Å². The molecule has 0 aliphatic carbocycles. The van der Waals surface area contributed by atoms with E-state index in [1.165, 1.54) is 6.33 Å². The predicted molar refractivity (Wildman–Crippen MR) is 81.6 cm³/mol. The summed E-state index contributed by atoms with van der Waals surface area (Å²) in [6.45, 7) is 2.33. The number of H-pyrrole nitrogens is 1. The van der Waals surface area contributed by atoms with Gasteiger partial charge >= 0.3 is 0 Å². The van der Waals surface area contributed by atoms with Gasteiger partial charge in [-0.25, -0.2) is 5.10 Å². The summed E-state index contributed by atoms with van der Waals surface area (Å²) >= 11 is 5.90. The van der Waals surface area contributed by atoms with Crippen LogP contribution in [0.3, 0.4) is 0 Å². The van der Waals surface area contributed by atoms with Crippen LogP contribution < -0.4 is 4.90 Å². The molecule has 7 nitrogen and oxygen atoms in total. The number of anilines is 1. The first-order valence-corrected chi connectivity index (χ1v) is 7.35. The van der Waals surface area contributed by atoms with E-state index in [0.29, 0.717) is 42.7 Å². The van der Waals surface area contributed by atoms with E-state index in [0.717, 1.165) is 0 Å². The van der Waals surface area contributed by atoms with Crippen LogP contribution >= 0.6 is 11.6 Å². The number of aromatic amines is 1. The summed E-state index contributed by atoms with van der Waals surface area (Å²) in [4.78, 5) is 20.1.